The number of alkyl halides is 6. The van der Waals surface area contributed by atoms with Crippen LogP contribution in [0.25, 0.3) is 0 Å². The van der Waals surface area contributed by atoms with Crippen molar-refractivity contribution in [1.82, 2.24) is 0 Å². The van der Waals surface area contributed by atoms with Gasteiger partial charge in [-0.15, -0.1) is 0 Å². The van der Waals surface area contributed by atoms with Gasteiger partial charge >= 0.3 is 12.4 Å². The Labute approximate surface area is 305 Å². The Morgan fingerprint density at radius 3 is 0.604 bits per heavy atom. The van der Waals surface area contributed by atoms with Crippen molar-refractivity contribution in [1.29, 1.82) is 0 Å². The van der Waals surface area contributed by atoms with E-state index in [1.165, 1.54) is 0 Å². The van der Waals surface area contributed by atoms with E-state index in [0.29, 0.717) is 22.3 Å². The smallest absolute Gasteiger partial charge is 0.376 e. The Morgan fingerprint density at radius 2 is 0.434 bits per heavy atom. The average Bonchev–Trinajstić information content (AvgIpc) is 3.12. The third kappa shape index (κ3) is 6.44. The Bertz CT molecular complexity index is 1910. The molecular formula is C45H38F6O2. The van der Waals surface area contributed by atoms with Crippen molar-refractivity contribution in [3.8, 4) is 0 Å². The van der Waals surface area contributed by atoms with Gasteiger partial charge in [0.1, 0.15) is 11.2 Å². The highest BCUT2D eigenvalue weighted by Gasteiger charge is 2.72. The number of rotatable bonds is 8. The molecule has 0 atom stereocenters. The molecule has 53 heavy (non-hydrogen) atoms. The third-order valence-electron chi connectivity index (χ3n) is 10.2. The largest absolute Gasteiger partial charge is 0.411 e. The van der Waals surface area contributed by atoms with E-state index < -0.39 is 40.1 Å². The molecule has 8 heteroatoms. The summed E-state index contributed by atoms with van der Waals surface area (Å²) in [6.45, 7) is 7.43. The Kier molecular flexibility index (Phi) is 9.69. The Hall–Kier alpha value is -5.18. The molecule has 0 heterocycles. The zero-order chi connectivity index (χ0) is 38.4. The van der Waals surface area contributed by atoms with Gasteiger partial charge in [0.15, 0.2) is 0 Å². The summed E-state index contributed by atoms with van der Waals surface area (Å²) in [5.74, 6) is 0. The molecule has 0 amide bonds. The first-order valence-corrected chi connectivity index (χ1v) is 17.0. The predicted molar refractivity (Wildman–Crippen MR) is 195 cm³/mol. The maximum absolute atomic E-state index is 15.3. The molecule has 0 aromatic heterocycles. The molecule has 0 spiro atoms. The molecule has 0 fully saturated rings. The molecule has 0 saturated carbocycles. The van der Waals surface area contributed by atoms with E-state index in [2.05, 4.69) is 0 Å². The van der Waals surface area contributed by atoms with Gasteiger partial charge in [-0.2, -0.15) is 26.3 Å². The monoisotopic (exact) mass is 724 g/mol. The van der Waals surface area contributed by atoms with Gasteiger partial charge in [0.05, 0.1) is 0 Å². The molecule has 0 aliphatic rings. The molecule has 6 rings (SSSR count). The molecule has 0 bridgehead atoms. The fraction of sp³-hybridized carbons (Fsp3) is 0.200. The van der Waals surface area contributed by atoms with Gasteiger partial charge in [0.25, 0.3) is 0 Å². The van der Waals surface area contributed by atoms with Crippen LogP contribution in [0, 0.1) is 27.7 Å². The highest BCUT2D eigenvalue weighted by atomic mass is 19.4. The minimum Gasteiger partial charge on any atom is -0.376 e. The molecule has 6 aromatic carbocycles. The lowest BCUT2D eigenvalue weighted by Gasteiger charge is -2.39. The molecule has 0 unspecified atom stereocenters. The molecule has 2 nitrogen and oxygen atoms in total. The topological polar surface area (TPSA) is 40.5 Å². The van der Waals surface area contributed by atoms with Crippen LogP contribution in [0.15, 0.2) is 146 Å². The van der Waals surface area contributed by atoms with Crippen LogP contribution < -0.4 is 0 Å². The number of hydrogen-bond donors (Lipinski definition) is 2. The van der Waals surface area contributed by atoms with Crippen LogP contribution in [-0.2, 0) is 16.6 Å². The number of aryl methyl sites for hydroxylation is 4. The lowest BCUT2D eigenvalue weighted by Crippen LogP contribution is -2.54. The highest BCUT2D eigenvalue weighted by Crippen LogP contribution is 2.57. The van der Waals surface area contributed by atoms with E-state index in [1.807, 2.05) is 27.7 Å². The van der Waals surface area contributed by atoms with Crippen LogP contribution in [0.2, 0.25) is 0 Å². The molecule has 0 aliphatic carbocycles. The summed E-state index contributed by atoms with van der Waals surface area (Å²) >= 11 is 0. The molecule has 272 valence electrons. The first-order valence-electron chi connectivity index (χ1n) is 17.0. The first-order chi connectivity index (χ1) is 24.9. The van der Waals surface area contributed by atoms with Crippen molar-refractivity contribution in [3.63, 3.8) is 0 Å². The lowest BCUT2D eigenvalue weighted by molar-refractivity contribution is -0.288. The minimum atomic E-state index is -5.84. The van der Waals surface area contributed by atoms with Crippen LogP contribution in [-0.4, -0.2) is 22.6 Å². The van der Waals surface area contributed by atoms with Crippen molar-refractivity contribution in [2.24, 2.45) is 0 Å². The lowest BCUT2D eigenvalue weighted by atomic mass is 9.71. The second-order valence-electron chi connectivity index (χ2n) is 13.8. The van der Waals surface area contributed by atoms with E-state index in [0.717, 1.165) is 70.8 Å². The quantitative estimate of drug-likeness (QED) is 0.121. The van der Waals surface area contributed by atoms with Crippen molar-refractivity contribution in [2.75, 3.05) is 0 Å². The van der Waals surface area contributed by atoms with Crippen molar-refractivity contribution in [2.45, 2.75) is 56.7 Å². The van der Waals surface area contributed by atoms with E-state index in [9.17, 15) is 10.2 Å². The van der Waals surface area contributed by atoms with Gasteiger partial charge in [-0.05, 0) is 72.2 Å². The second kappa shape index (κ2) is 13.7. The fourth-order valence-corrected chi connectivity index (χ4v) is 7.08. The molecule has 0 saturated heterocycles. The van der Waals surface area contributed by atoms with Crippen LogP contribution in [0.1, 0.15) is 66.8 Å². The van der Waals surface area contributed by atoms with Gasteiger partial charge in [-0.3, -0.25) is 0 Å². The first kappa shape index (κ1) is 37.6. The van der Waals surface area contributed by atoms with Gasteiger partial charge in [0, 0.05) is 0 Å². The van der Waals surface area contributed by atoms with E-state index in [1.54, 1.807) is 97.1 Å². The summed E-state index contributed by atoms with van der Waals surface area (Å²) in [5, 5.41) is 24.6. The van der Waals surface area contributed by atoms with Crippen molar-refractivity contribution in [3.05, 3.63) is 212 Å². The Morgan fingerprint density at radius 1 is 0.283 bits per heavy atom. The van der Waals surface area contributed by atoms with Crippen molar-refractivity contribution < 1.29 is 36.6 Å². The minimum absolute atomic E-state index is 0.0869. The summed E-state index contributed by atoms with van der Waals surface area (Å²) in [7, 11) is 0. The predicted octanol–water partition coefficient (Wildman–Crippen LogP) is 10.9. The number of benzene rings is 6. The van der Waals surface area contributed by atoms with Crippen LogP contribution >= 0.6 is 0 Å². The molecular weight excluding hydrogens is 686 g/mol. The van der Waals surface area contributed by atoms with Gasteiger partial charge in [0.2, 0.25) is 5.41 Å². The van der Waals surface area contributed by atoms with Gasteiger partial charge in [-0.1, -0.05) is 168 Å². The molecule has 0 radical (unpaired) electrons. The zero-order valence-corrected chi connectivity index (χ0v) is 29.5. The third-order valence-corrected chi connectivity index (χ3v) is 10.2. The molecule has 6 aromatic rings. The summed E-state index contributed by atoms with van der Waals surface area (Å²) in [6.07, 6.45) is -11.7. The van der Waals surface area contributed by atoms with Gasteiger partial charge in [-0.25, -0.2) is 0 Å². The average molecular weight is 725 g/mol. The van der Waals surface area contributed by atoms with E-state index in [-0.39, 0.29) is 11.1 Å². The number of halogens is 6. The molecule has 0 aliphatic heterocycles. The van der Waals surface area contributed by atoms with Crippen LogP contribution in [0.5, 0.6) is 0 Å². The number of aliphatic hydroxyl groups is 2. The van der Waals surface area contributed by atoms with E-state index in [4.69, 9.17) is 0 Å². The maximum Gasteiger partial charge on any atom is 0.411 e. The maximum atomic E-state index is 15.3. The second-order valence-corrected chi connectivity index (χ2v) is 13.8. The number of hydrogen-bond acceptors (Lipinski definition) is 2. The van der Waals surface area contributed by atoms with Crippen LogP contribution in [0.3, 0.4) is 0 Å². The van der Waals surface area contributed by atoms with Crippen molar-refractivity contribution >= 4 is 0 Å². The summed E-state index contributed by atoms with van der Waals surface area (Å²) in [6, 6.07) is 35.1. The standard InChI is InChI=1S/C45H38F6O2/c1-29-5-13-33(14-6-29)41(52,34-15-7-30(2)8-16-34)37-21-25-39(26-22-37)43(44(46,47)48,45(49,50)51)40-27-23-38(24-28-40)42(53,35-17-9-31(3)10-18-35)36-19-11-32(4)12-20-36/h5-28,52-53H,1-4H3. The van der Waals surface area contributed by atoms with Gasteiger partial charge < -0.3 is 10.2 Å². The zero-order valence-electron chi connectivity index (χ0n) is 29.5. The van der Waals surface area contributed by atoms with E-state index >= 15 is 26.3 Å². The fourth-order valence-electron chi connectivity index (χ4n) is 7.08. The molecule has 2 N–H and O–H groups in total. The summed E-state index contributed by atoms with van der Waals surface area (Å²) in [4.78, 5) is 0. The SMILES string of the molecule is Cc1ccc(C(O)(c2ccc(C)cc2)c2ccc(C(c3ccc(C(O)(c4ccc(C)cc4)c4ccc(C)cc4)cc3)(C(F)(F)F)C(F)(F)F)cc2)cc1. The Balaban J connectivity index is 1.51. The summed E-state index contributed by atoms with van der Waals surface area (Å²) < 4.78 is 91.8. The highest BCUT2D eigenvalue weighted by molar-refractivity contribution is 5.54. The normalized spacial score (nSPS) is 12.9. The van der Waals surface area contributed by atoms with Crippen LogP contribution in [0.4, 0.5) is 26.3 Å². The summed E-state index contributed by atoms with van der Waals surface area (Å²) in [5.41, 5.74) is -5.04.